The Kier molecular flexibility index (Phi) is 3.86. The zero-order valence-corrected chi connectivity index (χ0v) is 7.22. The normalized spacial score (nSPS) is 11.6. The molecule has 0 N–H and O–H groups in total. The molecular formula is C5H7Cl3O. The number of carbonyl (C=O) groups is 1. The predicted molar refractivity (Wildman–Crippen MR) is 40.2 cm³/mol. The Bertz CT molecular complexity index is 105. The maximum absolute atomic E-state index is 10.7. The maximum Gasteiger partial charge on any atom is 0.248 e. The summed E-state index contributed by atoms with van der Waals surface area (Å²) in [6.07, 6.45) is 1.04. The largest absolute Gasteiger partial charge is 0.295 e. The van der Waals surface area contributed by atoms with Crippen LogP contribution in [0.5, 0.6) is 0 Å². The first-order valence-electron chi connectivity index (χ1n) is 2.58. The lowest BCUT2D eigenvalue weighted by atomic mass is 10.2. The van der Waals surface area contributed by atoms with Gasteiger partial charge >= 0.3 is 0 Å². The number of hydrogen-bond donors (Lipinski definition) is 0. The van der Waals surface area contributed by atoms with Gasteiger partial charge in [0.05, 0.1) is 0 Å². The molecule has 9 heavy (non-hydrogen) atoms. The molecule has 0 saturated heterocycles. The monoisotopic (exact) mass is 188 g/mol. The van der Waals surface area contributed by atoms with Crippen molar-refractivity contribution >= 4 is 40.6 Å². The summed E-state index contributed by atoms with van der Waals surface area (Å²) in [5, 5.41) is 0. The average molecular weight is 189 g/mol. The van der Waals surface area contributed by atoms with Gasteiger partial charge in [-0.05, 0) is 6.42 Å². The van der Waals surface area contributed by atoms with Gasteiger partial charge in [-0.25, -0.2) is 0 Å². The van der Waals surface area contributed by atoms with Gasteiger partial charge in [-0.2, -0.15) is 0 Å². The molecule has 0 bridgehead atoms. The molecule has 0 rings (SSSR count). The third-order valence-electron chi connectivity index (χ3n) is 0.793. The second-order valence-corrected chi connectivity index (χ2v) is 3.95. The molecule has 0 heterocycles. The van der Waals surface area contributed by atoms with Gasteiger partial charge < -0.3 is 0 Å². The summed E-state index contributed by atoms with van der Waals surface area (Å²) >= 11 is 15.7. The molecule has 0 saturated carbocycles. The lowest BCUT2D eigenvalue weighted by molar-refractivity contribution is -0.118. The number of hydrogen-bond acceptors (Lipinski definition) is 1. The van der Waals surface area contributed by atoms with E-state index in [9.17, 15) is 4.79 Å². The predicted octanol–water partition coefficient (Wildman–Crippen LogP) is 2.73. The van der Waals surface area contributed by atoms with Crippen LogP contribution in [0.15, 0.2) is 0 Å². The van der Waals surface area contributed by atoms with Crippen molar-refractivity contribution in [2.75, 3.05) is 0 Å². The lowest BCUT2D eigenvalue weighted by Gasteiger charge is -2.06. The van der Waals surface area contributed by atoms with Crippen LogP contribution >= 0.6 is 34.8 Å². The molecular weight excluding hydrogens is 182 g/mol. The third kappa shape index (κ3) is 4.01. The van der Waals surface area contributed by atoms with Crippen molar-refractivity contribution in [1.82, 2.24) is 0 Å². The molecule has 1 nitrogen and oxygen atoms in total. The number of rotatable bonds is 2. The summed E-state index contributed by atoms with van der Waals surface area (Å²) in [6, 6.07) is 0. The second-order valence-electron chi connectivity index (χ2n) is 1.67. The van der Waals surface area contributed by atoms with Crippen LogP contribution < -0.4 is 0 Å². The van der Waals surface area contributed by atoms with Gasteiger partial charge in [-0.1, -0.05) is 41.7 Å². The fraction of sp³-hybridized carbons (Fsp3) is 0.800. The first-order valence-corrected chi connectivity index (χ1v) is 3.72. The van der Waals surface area contributed by atoms with Crippen molar-refractivity contribution in [2.45, 2.75) is 23.6 Å². The molecule has 4 heteroatoms. The zero-order valence-electron chi connectivity index (χ0n) is 4.96. The van der Waals surface area contributed by atoms with E-state index < -0.39 is 3.79 Å². The Morgan fingerprint density at radius 3 is 2.00 bits per heavy atom. The van der Waals surface area contributed by atoms with Crippen molar-refractivity contribution in [3.05, 3.63) is 0 Å². The Hall–Kier alpha value is 0.540. The molecule has 0 atom stereocenters. The lowest BCUT2D eigenvalue weighted by Crippen LogP contribution is -2.17. The highest BCUT2D eigenvalue weighted by molar-refractivity contribution is 6.76. The quantitative estimate of drug-likeness (QED) is 0.611. The average Bonchev–Trinajstić information content (AvgIpc) is 1.64. The number of alkyl halides is 3. The maximum atomic E-state index is 10.7. The van der Waals surface area contributed by atoms with E-state index in [0.717, 1.165) is 0 Å². The first-order chi connectivity index (χ1) is 3.98. The number of halogens is 3. The Labute approximate surface area is 69.3 Å². The van der Waals surface area contributed by atoms with Crippen molar-refractivity contribution in [1.29, 1.82) is 0 Å². The molecule has 54 valence electrons. The molecule has 0 aromatic rings. The van der Waals surface area contributed by atoms with Gasteiger partial charge in [-0.3, -0.25) is 4.79 Å². The fourth-order valence-electron chi connectivity index (χ4n) is 0.369. The van der Waals surface area contributed by atoms with E-state index in [-0.39, 0.29) is 5.78 Å². The topological polar surface area (TPSA) is 17.1 Å². The fourth-order valence-corrected chi connectivity index (χ4v) is 0.652. The van der Waals surface area contributed by atoms with Crippen LogP contribution in [-0.2, 0) is 4.79 Å². The van der Waals surface area contributed by atoms with Gasteiger partial charge in [0.15, 0.2) is 5.78 Å². The van der Waals surface area contributed by atoms with Crippen LogP contribution in [-0.4, -0.2) is 9.58 Å². The van der Waals surface area contributed by atoms with Crippen LogP contribution in [0.1, 0.15) is 19.8 Å². The highest BCUT2D eigenvalue weighted by Gasteiger charge is 2.28. The minimum absolute atomic E-state index is 0.330. The van der Waals surface area contributed by atoms with E-state index in [0.29, 0.717) is 12.8 Å². The van der Waals surface area contributed by atoms with Crippen LogP contribution in [0.3, 0.4) is 0 Å². The molecule has 0 aromatic heterocycles. The van der Waals surface area contributed by atoms with E-state index in [1.165, 1.54) is 0 Å². The molecule has 0 unspecified atom stereocenters. The van der Waals surface area contributed by atoms with Crippen molar-refractivity contribution < 1.29 is 4.79 Å². The van der Waals surface area contributed by atoms with Crippen molar-refractivity contribution in [3.8, 4) is 0 Å². The van der Waals surface area contributed by atoms with E-state index in [2.05, 4.69) is 0 Å². The van der Waals surface area contributed by atoms with Crippen LogP contribution in [0.2, 0.25) is 0 Å². The standard InChI is InChI=1S/C5H7Cl3O/c1-2-3-4(9)5(6,7)8/h2-3H2,1H3. The number of carbonyl (C=O) groups excluding carboxylic acids is 1. The smallest absolute Gasteiger partial charge is 0.248 e. The molecule has 0 amide bonds. The third-order valence-corrected chi connectivity index (χ3v) is 1.43. The summed E-state index contributed by atoms with van der Waals surface area (Å²) in [7, 11) is 0. The minimum Gasteiger partial charge on any atom is -0.295 e. The molecule has 0 radical (unpaired) electrons. The van der Waals surface area contributed by atoms with Crippen LogP contribution in [0.25, 0.3) is 0 Å². The summed E-state index contributed by atoms with van der Waals surface area (Å²) in [5.74, 6) is -0.338. The highest BCUT2D eigenvalue weighted by atomic mass is 35.6. The second kappa shape index (κ2) is 3.65. The van der Waals surface area contributed by atoms with Crippen LogP contribution in [0, 0.1) is 0 Å². The Morgan fingerprint density at radius 1 is 1.44 bits per heavy atom. The van der Waals surface area contributed by atoms with E-state index in [1.54, 1.807) is 0 Å². The Balaban J connectivity index is 3.74. The summed E-state index contributed by atoms with van der Waals surface area (Å²) < 4.78 is -1.71. The van der Waals surface area contributed by atoms with Crippen LogP contribution in [0.4, 0.5) is 0 Å². The van der Waals surface area contributed by atoms with Gasteiger partial charge in [-0.15, -0.1) is 0 Å². The minimum atomic E-state index is -1.71. The summed E-state index contributed by atoms with van der Waals surface area (Å²) in [5.41, 5.74) is 0. The molecule has 0 spiro atoms. The summed E-state index contributed by atoms with van der Waals surface area (Å²) in [4.78, 5) is 10.7. The van der Waals surface area contributed by atoms with E-state index in [1.807, 2.05) is 6.92 Å². The van der Waals surface area contributed by atoms with Crippen molar-refractivity contribution in [2.24, 2.45) is 0 Å². The van der Waals surface area contributed by atoms with Crippen molar-refractivity contribution in [3.63, 3.8) is 0 Å². The van der Waals surface area contributed by atoms with E-state index in [4.69, 9.17) is 34.8 Å². The highest BCUT2D eigenvalue weighted by Crippen LogP contribution is 2.28. The number of Topliss-reactive ketones (excluding diaryl/α,β-unsaturated/α-hetero) is 1. The SMILES string of the molecule is CCCC(=O)C(Cl)(Cl)Cl. The Morgan fingerprint density at radius 2 is 1.89 bits per heavy atom. The zero-order chi connectivity index (χ0) is 7.49. The van der Waals surface area contributed by atoms with Gasteiger partial charge in [0.25, 0.3) is 0 Å². The molecule has 0 aliphatic carbocycles. The molecule has 0 fully saturated rings. The summed E-state index contributed by atoms with van der Waals surface area (Å²) in [6.45, 7) is 1.86. The van der Waals surface area contributed by atoms with Gasteiger partial charge in [0.1, 0.15) is 0 Å². The first kappa shape index (κ1) is 9.54. The molecule has 0 aromatic carbocycles. The van der Waals surface area contributed by atoms with Gasteiger partial charge in [0, 0.05) is 6.42 Å². The van der Waals surface area contributed by atoms with E-state index >= 15 is 0 Å². The number of ketones is 1. The molecule has 0 aliphatic rings. The molecule has 0 aliphatic heterocycles. The van der Waals surface area contributed by atoms with Gasteiger partial charge in [0.2, 0.25) is 3.79 Å².